The Kier molecular flexibility index (Phi) is 5.54. The van der Waals surface area contributed by atoms with Gasteiger partial charge in [-0.15, -0.1) is 0 Å². The molecule has 0 heterocycles. The maximum atomic E-state index is 12.4. The van der Waals surface area contributed by atoms with Crippen molar-refractivity contribution in [3.05, 3.63) is 27.7 Å². The average Bonchev–Trinajstić information content (AvgIpc) is 3.13. The Morgan fingerprint density at radius 1 is 1.33 bits per heavy atom. The van der Waals surface area contributed by atoms with Gasteiger partial charge in [-0.1, -0.05) is 37.0 Å². The van der Waals surface area contributed by atoms with Crippen molar-refractivity contribution in [2.75, 3.05) is 13.1 Å². The summed E-state index contributed by atoms with van der Waals surface area (Å²) in [6, 6.07) is 3.09. The van der Waals surface area contributed by atoms with Gasteiger partial charge in [0.15, 0.2) is 0 Å². The van der Waals surface area contributed by atoms with Crippen LogP contribution in [0.25, 0.3) is 0 Å². The molecule has 2 unspecified atom stereocenters. The molecule has 118 valence electrons. The third-order valence-corrected chi connectivity index (χ3v) is 5.97. The van der Waals surface area contributed by atoms with Gasteiger partial charge in [-0.25, -0.2) is 13.1 Å². The van der Waals surface area contributed by atoms with Crippen molar-refractivity contribution in [1.29, 1.82) is 0 Å². The number of nitrogens with one attached hydrogen (secondary N) is 2. The Morgan fingerprint density at radius 3 is 2.57 bits per heavy atom. The molecular formula is C14H20Cl2N2O2S. The Balaban J connectivity index is 2.22. The second kappa shape index (κ2) is 6.84. The number of halogens is 2. The fraction of sp³-hybridized carbons (Fsp3) is 0.571. The Labute approximate surface area is 136 Å². The summed E-state index contributed by atoms with van der Waals surface area (Å²) < 4.78 is 27.4. The second-order valence-electron chi connectivity index (χ2n) is 5.48. The highest BCUT2D eigenvalue weighted by atomic mass is 35.5. The minimum Gasteiger partial charge on any atom is -0.313 e. The van der Waals surface area contributed by atoms with E-state index in [0.29, 0.717) is 35.5 Å². The maximum Gasteiger partial charge on any atom is 0.242 e. The van der Waals surface area contributed by atoms with E-state index >= 15 is 0 Å². The van der Waals surface area contributed by atoms with Crippen LogP contribution in [0.15, 0.2) is 17.0 Å². The molecule has 1 aromatic rings. The van der Waals surface area contributed by atoms with Crippen LogP contribution in [0.2, 0.25) is 10.0 Å². The van der Waals surface area contributed by atoms with Crippen LogP contribution in [-0.4, -0.2) is 21.5 Å². The highest BCUT2D eigenvalue weighted by molar-refractivity contribution is 7.89. The van der Waals surface area contributed by atoms with Gasteiger partial charge in [-0.3, -0.25) is 0 Å². The lowest BCUT2D eigenvalue weighted by molar-refractivity contribution is 0.574. The Bertz CT molecular complexity index is 620. The molecule has 0 saturated heterocycles. The molecule has 2 atom stereocenters. The van der Waals surface area contributed by atoms with E-state index in [9.17, 15) is 8.42 Å². The lowest BCUT2D eigenvalue weighted by Gasteiger charge is -2.12. The minimum absolute atomic E-state index is 0.0536. The summed E-state index contributed by atoms with van der Waals surface area (Å²) in [4.78, 5) is 0.0536. The van der Waals surface area contributed by atoms with Crippen LogP contribution in [0.4, 0.5) is 0 Å². The van der Waals surface area contributed by atoms with Crippen molar-refractivity contribution in [2.45, 2.75) is 31.7 Å². The van der Waals surface area contributed by atoms with Gasteiger partial charge in [0, 0.05) is 18.1 Å². The molecule has 0 radical (unpaired) electrons. The highest BCUT2D eigenvalue weighted by Gasteiger charge is 2.33. The van der Waals surface area contributed by atoms with Crippen LogP contribution < -0.4 is 10.0 Å². The van der Waals surface area contributed by atoms with Gasteiger partial charge < -0.3 is 5.32 Å². The van der Waals surface area contributed by atoms with E-state index in [1.54, 1.807) is 6.07 Å². The lowest BCUT2D eigenvalue weighted by Crippen LogP contribution is -2.27. The number of rotatable bonds is 7. The average molecular weight is 351 g/mol. The summed E-state index contributed by atoms with van der Waals surface area (Å²) in [7, 11) is -3.63. The fourth-order valence-corrected chi connectivity index (χ4v) is 4.20. The predicted octanol–water partition coefficient (Wildman–Crippen LogP) is 3.04. The van der Waals surface area contributed by atoms with Gasteiger partial charge in [-0.05, 0) is 42.5 Å². The zero-order chi connectivity index (χ0) is 15.6. The van der Waals surface area contributed by atoms with Crippen molar-refractivity contribution in [3.63, 3.8) is 0 Å². The number of sulfonamides is 1. The molecule has 1 saturated carbocycles. The molecule has 2 N–H and O–H groups in total. The van der Waals surface area contributed by atoms with Crippen LogP contribution in [-0.2, 0) is 16.6 Å². The molecule has 1 fully saturated rings. The van der Waals surface area contributed by atoms with Gasteiger partial charge in [0.25, 0.3) is 0 Å². The number of benzene rings is 1. The quantitative estimate of drug-likeness (QED) is 0.794. The third kappa shape index (κ3) is 4.33. The van der Waals surface area contributed by atoms with Gasteiger partial charge in [-0.2, -0.15) is 0 Å². The molecule has 0 bridgehead atoms. The zero-order valence-electron chi connectivity index (χ0n) is 12.1. The molecule has 4 nitrogen and oxygen atoms in total. The first-order valence-electron chi connectivity index (χ1n) is 7.03. The summed E-state index contributed by atoms with van der Waals surface area (Å²) in [5.74, 6) is 1.02. The van der Waals surface area contributed by atoms with Gasteiger partial charge in [0.1, 0.15) is 4.90 Å². The van der Waals surface area contributed by atoms with Gasteiger partial charge >= 0.3 is 0 Å². The molecule has 2 rings (SSSR count). The fourth-order valence-electron chi connectivity index (χ4n) is 2.18. The van der Waals surface area contributed by atoms with E-state index in [2.05, 4.69) is 17.0 Å². The Hall–Kier alpha value is -0.330. The maximum absolute atomic E-state index is 12.4. The zero-order valence-corrected chi connectivity index (χ0v) is 14.4. The summed E-state index contributed by atoms with van der Waals surface area (Å²) in [5.41, 5.74) is 0.686. The van der Waals surface area contributed by atoms with E-state index in [0.717, 1.165) is 13.0 Å². The summed E-state index contributed by atoms with van der Waals surface area (Å²) >= 11 is 12.3. The van der Waals surface area contributed by atoms with Crippen LogP contribution in [0.5, 0.6) is 0 Å². The second-order valence-corrected chi connectivity index (χ2v) is 8.03. The molecule has 0 aromatic heterocycles. The Morgan fingerprint density at radius 2 is 2.00 bits per heavy atom. The first kappa shape index (κ1) is 17.0. The van der Waals surface area contributed by atoms with Crippen LogP contribution >= 0.6 is 23.2 Å². The molecule has 1 aromatic carbocycles. The van der Waals surface area contributed by atoms with E-state index in [1.165, 1.54) is 6.07 Å². The monoisotopic (exact) mass is 350 g/mol. The standard InChI is InChI=1S/C14H20Cl2N2O2S/c1-3-17-7-11-5-12(15)6-13(14(11)16)21(19,20)18-8-10-4-9(10)2/h5-6,9-10,17-18H,3-4,7-8H2,1-2H3. The van der Waals surface area contributed by atoms with Crippen molar-refractivity contribution < 1.29 is 8.42 Å². The van der Waals surface area contributed by atoms with Crippen molar-refractivity contribution >= 4 is 33.2 Å². The number of hydrogen-bond donors (Lipinski definition) is 2. The molecule has 1 aliphatic carbocycles. The normalized spacial score (nSPS) is 21.5. The molecule has 0 spiro atoms. The number of hydrogen-bond acceptors (Lipinski definition) is 3. The summed E-state index contributed by atoms with van der Waals surface area (Å²) in [5, 5.41) is 3.72. The first-order valence-corrected chi connectivity index (χ1v) is 9.27. The predicted molar refractivity (Wildman–Crippen MR) is 86.3 cm³/mol. The first-order chi connectivity index (χ1) is 9.85. The topological polar surface area (TPSA) is 58.2 Å². The van der Waals surface area contributed by atoms with Crippen molar-refractivity contribution in [3.8, 4) is 0 Å². The SMILES string of the molecule is CCNCc1cc(Cl)cc(S(=O)(=O)NCC2CC2C)c1Cl. The van der Waals surface area contributed by atoms with Gasteiger partial charge in [0.05, 0.1) is 5.02 Å². The third-order valence-electron chi connectivity index (χ3n) is 3.75. The lowest BCUT2D eigenvalue weighted by atomic mass is 10.2. The molecule has 7 heteroatoms. The highest BCUT2D eigenvalue weighted by Crippen LogP contribution is 2.37. The molecule has 0 aliphatic heterocycles. The largest absolute Gasteiger partial charge is 0.313 e. The molecule has 0 amide bonds. The van der Waals surface area contributed by atoms with Gasteiger partial charge in [0.2, 0.25) is 10.0 Å². The van der Waals surface area contributed by atoms with Crippen molar-refractivity contribution in [2.24, 2.45) is 11.8 Å². The van der Waals surface area contributed by atoms with Crippen LogP contribution in [0.1, 0.15) is 25.8 Å². The van der Waals surface area contributed by atoms with E-state index in [4.69, 9.17) is 23.2 Å². The van der Waals surface area contributed by atoms with E-state index < -0.39 is 10.0 Å². The summed E-state index contributed by atoms with van der Waals surface area (Å²) in [6.45, 7) is 5.78. The molecular weight excluding hydrogens is 331 g/mol. The van der Waals surface area contributed by atoms with Crippen LogP contribution in [0.3, 0.4) is 0 Å². The van der Waals surface area contributed by atoms with Crippen LogP contribution in [0, 0.1) is 11.8 Å². The van der Waals surface area contributed by atoms with Crippen molar-refractivity contribution in [1.82, 2.24) is 10.0 Å². The molecule has 1 aliphatic rings. The minimum atomic E-state index is -3.63. The molecule has 21 heavy (non-hydrogen) atoms. The van der Waals surface area contributed by atoms with E-state index in [1.807, 2.05) is 6.92 Å². The smallest absolute Gasteiger partial charge is 0.242 e. The summed E-state index contributed by atoms with van der Waals surface area (Å²) in [6.07, 6.45) is 1.07. The van der Waals surface area contributed by atoms with E-state index in [-0.39, 0.29) is 9.92 Å².